The van der Waals surface area contributed by atoms with Gasteiger partial charge in [-0.05, 0) is 31.5 Å². The van der Waals surface area contributed by atoms with Crippen LogP contribution in [0.4, 0.5) is 0 Å². The Morgan fingerprint density at radius 3 is 2.80 bits per heavy atom. The van der Waals surface area contributed by atoms with Crippen LogP contribution in [0.25, 0.3) is 10.8 Å². The van der Waals surface area contributed by atoms with E-state index in [0.29, 0.717) is 29.8 Å². The van der Waals surface area contributed by atoms with E-state index in [-0.39, 0.29) is 11.1 Å². The first-order chi connectivity index (χ1) is 12.2. The average molecular weight is 340 g/mol. The molecule has 2 N–H and O–H groups in total. The molecule has 0 aliphatic carbocycles. The molecule has 0 amide bonds. The van der Waals surface area contributed by atoms with Gasteiger partial charge in [-0.15, -0.1) is 5.10 Å². The van der Waals surface area contributed by atoms with E-state index in [4.69, 9.17) is 0 Å². The summed E-state index contributed by atoms with van der Waals surface area (Å²) >= 11 is 0. The number of rotatable bonds is 4. The predicted molar refractivity (Wildman–Crippen MR) is 93.7 cm³/mol. The van der Waals surface area contributed by atoms with Gasteiger partial charge < -0.3 is 5.32 Å². The van der Waals surface area contributed by atoms with Crippen LogP contribution < -0.4 is 16.4 Å². The smallest absolute Gasteiger partial charge is 0.273 e. The second kappa shape index (κ2) is 6.64. The summed E-state index contributed by atoms with van der Waals surface area (Å²) in [5.74, 6) is 0.394. The molecule has 8 nitrogen and oxygen atoms in total. The molecule has 0 radical (unpaired) electrons. The van der Waals surface area contributed by atoms with E-state index >= 15 is 0 Å². The fraction of sp³-hybridized carbons (Fsp3) is 0.412. The average Bonchev–Trinajstić information content (AvgIpc) is 3.13. The van der Waals surface area contributed by atoms with Crippen molar-refractivity contribution in [1.29, 1.82) is 0 Å². The Bertz CT molecular complexity index is 996. The number of aromatic nitrogens is 5. The topological polar surface area (TPSA) is 97.6 Å². The Labute approximate surface area is 143 Å². The number of benzene rings is 1. The third-order valence-electron chi connectivity index (χ3n) is 4.71. The predicted octanol–water partition coefficient (Wildman–Crippen LogP) is 0.448. The minimum Gasteiger partial charge on any atom is -0.316 e. The summed E-state index contributed by atoms with van der Waals surface area (Å²) in [7, 11) is 0. The van der Waals surface area contributed by atoms with Gasteiger partial charge >= 0.3 is 0 Å². The summed E-state index contributed by atoms with van der Waals surface area (Å²) in [6.07, 6.45) is 4.19. The number of fused-ring (bicyclic) bond motifs is 1. The molecule has 25 heavy (non-hydrogen) atoms. The third-order valence-corrected chi connectivity index (χ3v) is 4.71. The zero-order valence-electron chi connectivity index (χ0n) is 13.8. The number of hydrogen-bond donors (Lipinski definition) is 2. The van der Waals surface area contributed by atoms with Gasteiger partial charge in [-0.2, -0.15) is 0 Å². The summed E-state index contributed by atoms with van der Waals surface area (Å²) in [5, 5.41) is 15.3. The maximum Gasteiger partial charge on any atom is 0.273 e. The van der Waals surface area contributed by atoms with Crippen LogP contribution in [-0.2, 0) is 13.1 Å². The number of nitrogens with one attached hydrogen (secondary N) is 2. The molecule has 0 saturated carbocycles. The summed E-state index contributed by atoms with van der Waals surface area (Å²) in [4.78, 5) is 24.6. The maximum absolute atomic E-state index is 12.5. The maximum atomic E-state index is 12.5. The molecule has 2 aromatic heterocycles. The van der Waals surface area contributed by atoms with Gasteiger partial charge in [-0.1, -0.05) is 17.3 Å². The minimum absolute atomic E-state index is 0.202. The monoisotopic (exact) mass is 340 g/mol. The van der Waals surface area contributed by atoms with E-state index in [2.05, 4.69) is 20.7 Å². The Kier molecular flexibility index (Phi) is 4.19. The second-order valence-corrected chi connectivity index (χ2v) is 6.39. The van der Waals surface area contributed by atoms with E-state index in [1.807, 2.05) is 6.20 Å². The Morgan fingerprint density at radius 1 is 1.16 bits per heavy atom. The van der Waals surface area contributed by atoms with Crippen LogP contribution in [0, 0.1) is 0 Å². The fourth-order valence-corrected chi connectivity index (χ4v) is 3.32. The lowest BCUT2D eigenvalue weighted by atomic mass is 9.97. The number of hydrogen-bond acceptors (Lipinski definition) is 5. The van der Waals surface area contributed by atoms with E-state index in [1.54, 1.807) is 28.9 Å². The summed E-state index contributed by atoms with van der Waals surface area (Å²) < 4.78 is 3.07. The molecule has 3 heterocycles. The zero-order chi connectivity index (χ0) is 17.2. The van der Waals surface area contributed by atoms with Gasteiger partial charge in [-0.3, -0.25) is 19.4 Å². The first-order valence-electron chi connectivity index (χ1n) is 8.55. The van der Waals surface area contributed by atoms with E-state index in [1.165, 1.54) is 4.68 Å². The second-order valence-electron chi connectivity index (χ2n) is 6.39. The lowest BCUT2D eigenvalue weighted by Crippen LogP contribution is -2.31. The highest BCUT2D eigenvalue weighted by Gasteiger charge is 2.18. The van der Waals surface area contributed by atoms with Crippen molar-refractivity contribution in [3.63, 3.8) is 0 Å². The quantitative estimate of drug-likeness (QED) is 0.719. The molecule has 1 aliphatic rings. The first-order valence-corrected chi connectivity index (χ1v) is 8.55. The van der Waals surface area contributed by atoms with Gasteiger partial charge in [-0.25, -0.2) is 4.68 Å². The molecule has 1 aliphatic heterocycles. The van der Waals surface area contributed by atoms with Crippen molar-refractivity contribution in [1.82, 2.24) is 30.1 Å². The van der Waals surface area contributed by atoms with Crippen LogP contribution in [0.1, 0.15) is 24.5 Å². The Hall–Kier alpha value is -2.74. The van der Waals surface area contributed by atoms with Crippen LogP contribution in [0.5, 0.6) is 0 Å². The van der Waals surface area contributed by atoms with Gasteiger partial charge in [0.05, 0.1) is 29.6 Å². The van der Waals surface area contributed by atoms with Crippen LogP contribution >= 0.6 is 0 Å². The number of nitrogens with zero attached hydrogens (tertiary/aromatic N) is 4. The summed E-state index contributed by atoms with van der Waals surface area (Å²) in [6.45, 7) is 2.80. The SMILES string of the molecule is O=c1[nH]n(CCn2cc([C@H]3CCCNC3)nn2)c(=O)c2ccccc12. The third kappa shape index (κ3) is 3.12. The van der Waals surface area contributed by atoms with Crippen molar-refractivity contribution >= 4 is 10.8 Å². The fourth-order valence-electron chi connectivity index (χ4n) is 3.32. The van der Waals surface area contributed by atoms with Gasteiger partial charge in [0.15, 0.2) is 0 Å². The molecule has 0 spiro atoms. The molecule has 0 unspecified atom stereocenters. The van der Waals surface area contributed by atoms with Crippen molar-refractivity contribution in [2.24, 2.45) is 0 Å². The molecular weight excluding hydrogens is 320 g/mol. The molecule has 1 aromatic carbocycles. The summed E-state index contributed by atoms with van der Waals surface area (Å²) in [5.41, 5.74) is 0.515. The lowest BCUT2D eigenvalue weighted by Gasteiger charge is -2.20. The molecule has 130 valence electrons. The number of aromatic amines is 1. The molecule has 1 atom stereocenters. The first kappa shape index (κ1) is 15.8. The normalized spacial score (nSPS) is 17.8. The highest BCUT2D eigenvalue weighted by Crippen LogP contribution is 2.20. The van der Waals surface area contributed by atoms with Crippen LogP contribution in [0.2, 0.25) is 0 Å². The van der Waals surface area contributed by atoms with Gasteiger partial charge in [0.25, 0.3) is 11.1 Å². The van der Waals surface area contributed by atoms with E-state index in [9.17, 15) is 9.59 Å². The molecule has 3 aromatic rings. The molecule has 4 rings (SSSR count). The van der Waals surface area contributed by atoms with E-state index < -0.39 is 0 Å². The van der Waals surface area contributed by atoms with Crippen molar-refractivity contribution in [3.05, 3.63) is 56.9 Å². The molecular formula is C17H20N6O2. The van der Waals surface area contributed by atoms with Crippen LogP contribution in [-0.4, -0.2) is 37.9 Å². The molecule has 1 fully saturated rings. The van der Waals surface area contributed by atoms with Crippen LogP contribution in [0.3, 0.4) is 0 Å². The highest BCUT2D eigenvalue weighted by atomic mass is 16.2. The van der Waals surface area contributed by atoms with Gasteiger partial charge in [0.1, 0.15) is 0 Å². The molecule has 0 bridgehead atoms. The van der Waals surface area contributed by atoms with Crippen molar-refractivity contribution in [2.45, 2.75) is 31.8 Å². The highest BCUT2D eigenvalue weighted by molar-refractivity contribution is 5.80. The lowest BCUT2D eigenvalue weighted by molar-refractivity contribution is 0.454. The molecule has 8 heteroatoms. The summed E-state index contributed by atoms with van der Waals surface area (Å²) in [6, 6.07) is 6.84. The number of aryl methyl sites for hydroxylation is 2. The molecule has 1 saturated heterocycles. The van der Waals surface area contributed by atoms with E-state index in [0.717, 1.165) is 31.6 Å². The van der Waals surface area contributed by atoms with Gasteiger partial charge in [0.2, 0.25) is 0 Å². The largest absolute Gasteiger partial charge is 0.316 e. The van der Waals surface area contributed by atoms with Crippen molar-refractivity contribution in [2.75, 3.05) is 13.1 Å². The minimum atomic E-state index is -0.261. The van der Waals surface area contributed by atoms with Crippen LogP contribution in [0.15, 0.2) is 40.1 Å². The van der Waals surface area contributed by atoms with Crippen molar-refractivity contribution in [3.8, 4) is 0 Å². The number of piperidine rings is 1. The zero-order valence-corrected chi connectivity index (χ0v) is 13.8. The standard InChI is InChI=1S/C17H20N6O2/c24-16-13-5-1-2-6-14(13)17(25)23(20-16)9-8-22-11-15(19-21-22)12-4-3-7-18-10-12/h1-2,5-6,11-12,18H,3-4,7-10H2,(H,20,24)/t12-/m0/s1. The van der Waals surface area contributed by atoms with Gasteiger partial charge in [0, 0.05) is 18.7 Å². The van der Waals surface area contributed by atoms with Crippen molar-refractivity contribution < 1.29 is 0 Å². The Balaban J connectivity index is 1.53. The Morgan fingerprint density at radius 2 is 2.00 bits per heavy atom. The number of H-pyrrole nitrogens is 1.